The Bertz CT molecular complexity index is 1450. The van der Waals surface area contributed by atoms with Crippen molar-refractivity contribution in [3.63, 3.8) is 0 Å². The first-order chi connectivity index (χ1) is 18.2. The van der Waals surface area contributed by atoms with E-state index in [2.05, 4.69) is 15.0 Å². The van der Waals surface area contributed by atoms with Gasteiger partial charge in [-0.2, -0.15) is 0 Å². The summed E-state index contributed by atoms with van der Waals surface area (Å²) in [6.45, 7) is 1.90. The van der Waals surface area contributed by atoms with Gasteiger partial charge in [-0.15, -0.1) is 0 Å². The lowest BCUT2D eigenvalue weighted by Crippen LogP contribution is -2.36. The van der Waals surface area contributed by atoms with Crippen molar-refractivity contribution in [1.82, 2.24) is 15.0 Å². The largest absolute Gasteiger partial charge is 0.493 e. The number of methoxy groups -OCH3 is 1. The van der Waals surface area contributed by atoms with Crippen LogP contribution in [0, 0.1) is 30.2 Å². The molecule has 0 radical (unpaired) electrons. The molecule has 0 bridgehead atoms. The van der Waals surface area contributed by atoms with E-state index in [1.54, 1.807) is 12.1 Å². The molecule has 2 N–H and O–H groups in total. The zero-order valence-electron chi connectivity index (χ0n) is 20.4. The number of benzene rings is 3. The normalized spacial score (nSPS) is 11.6. The highest BCUT2D eigenvalue weighted by atomic mass is 32.2. The molecule has 2 amide bonds. The van der Waals surface area contributed by atoms with Crippen molar-refractivity contribution in [2.24, 2.45) is 0 Å². The maximum Gasteiger partial charge on any atom is 0.325 e. The van der Waals surface area contributed by atoms with E-state index in [0.717, 1.165) is 46.7 Å². The van der Waals surface area contributed by atoms with E-state index in [9.17, 15) is 22.4 Å². The number of halogens is 4. The lowest BCUT2D eigenvalue weighted by molar-refractivity contribution is 0.242. The molecule has 0 aliphatic rings. The van der Waals surface area contributed by atoms with Crippen LogP contribution in [0.15, 0.2) is 77.8 Å². The fourth-order valence-electron chi connectivity index (χ4n) is 4.03. The Morgan fingerprint density at radius 2 is 1.66 bits per heavy atom. The van der Waals surface area contributed by atoms with Crippen LogP contribution in [0.4, 0.5) is 22.4 Å². The molecular formula is C28H23F4N3O2S. The SMILES string of the molecule is COc1c(F)cc(F)cc1-c1cccnc1C(Cc1cc(F)cc(F)c1)NC(=O)NSc1ccccc1C. The topological polar surface area (TPSA) is 63.2 Å². The minimum absolute atomic E-state index is 0.0682. The molecule has 5 nitrogen and oxygen atoms in total. The third-order valence-electron chi connectivity index (χ3n) is 5.69. The van der Waals surface area contributed by atoms with Crippen LogP contribution in [0.2, 0.25) is 0 Å². The number of aryl methyl sites for hydroxylation is 1. The molecule has 3 aromatic carbocycles. The number of nitrogens with one attached hydrogen (secondary N) is 2. The van der Waals surface area contributed by atoms with Gasteiger partial charge in [0, 0.05) is 34.4 Å². The highest BCUT2D eigenvalue weighted by molar-refractivity contribution is 7.98. The number of aromatic nitrogens is 1. The molecule has 196 valence electrons. The van der Waals surface area contributed by atoms with Gasteiger partial charge in [0.15, 0.2) is 11.6 Å². The average Bonchev–Trinajstić information content (AvgIpc) is 2.87. The van der Waals surface area contributed by atoms with E-state index in [1.165, 1.54) is 13.3 Å². The van der Waals surface area contributed by atoms with Crippen LogP contribution in [-0.4, -0.2) is 18.1 Å². The lowest BCUT2D eigenvalue weighted by Gasteiger charge is -2.22. The molecule has 10 heteroatoms. The molecule has 38 heavy (non-hydrogen) atoms. The molecule has 0 aliphatic heterocycles. The van der Waals surface area contributed by atoms with Gasteiger partial charge in [-0.05, 0) is 66.8 Å². The minimum Gasteiger partial charge on any atom is -0.493 e. The summed E-state index contributed by atoms with van der Waals surface area (Å²) in [7, 11) is 1.25. The summed E-state index contributed by atoms with van der Waals surface area (Å²) in [5.74, 6) is -3.53. The number of urea groups is 1. The van der Waals surface area contributed by atoms with Crippen LogP contribution in [0.5, 0.6) is 5.75 Å². The van der Waals surface area contributed by atoms with Gasteiger partial charge in [-0.1, -0.05) is 24.3 Å². The van der Waals surface area contributed by atoms with Crippen LogP contribution in [0.1, 0.15) is 22.9 Å². The second kappa shape index (κ2) is 12.0. The first kappa shape index (κ1) is 27.0. The van der Waals surface area contributed by atoms with E-state index >= 15 is 0 Å². The van der Waals surface area contributed by atoms with Crippen LogP contribution in [0.25, 0.3) is 11.1 Å². The van der Waals surface area contributed by atoms with E-state index in [4.69, 9.17) is 4.74 Å². The first-order valence-electron chi connectivity index (χ1n) is 11.5. The molecule has 4 rings (SSSR count). The molecule has 1 unspecified atom stereocenters. The van der Waals surface area contributed by atoms with E-state index in [1.807, 2.05) is 31.2 Å². The third-order valence-corrected chi connectivity index (χ3v) is 6.65. The number of hydrogen-bond acceptors (Lipinski definition) is 4. The van der Waals surface area contributed by atoms with Crippen molar-refractivity contribution >= 4 is 18.0 Å². The molecule has 0 aliphatic carbocycles. The smallest absolute Gasteiger partial charge is 0.325 e. The van der Waals surface area contributed by atoms with Gasteiger partial charge in [0.05, 0.1) is 18.8 Å². The zero-order chi connectivity index (χ0) is 27.2. The summed E-state index contributed by atoms with van der Waals surface area (Å²) in [6.07, 6.45) is 1.38. The molecule has 0 saturated heterocycles. The Hall–Kier alpha value is -4.05. The molecule has 1 aromatic heterocycles. The van der Waals surface area contributed by atoms with Crippen LogP contribution in [-0.2, 0) is 6.42 Å². The molecule has 1 heterocycles. The van der Waals surface area contributed by atoms with Gasteiger partial charge in [0.2, 0.25) is 0 Å². The second-order valence-corrected chi connectivity index (χ2v) is 9.23. The number of carbonyl (C=O) groups excluding carboxylic acids is 1. The van der Waals surface area contributed by atoms with Crippen LogP contribution in [0.3, 0.4) is 0 Å². The zero-order valence-corrected chi connectivity index (χ0v) is 21.2. The van der Waals surface area contributed by atoms with Crippen molar-refractivity contribution in [3.8, 4) is 16.9 Å². The number of nitrogens with zero attached hydrogens (tertiary/aromatic N) is 1. The van der Waals surface area contributed by atoms with Gasteiger partial charge in [-0.25, -0.2) is 22.4 Å². The number of carbonyl (C=O) groups is 1. The van der Waals surface area contributed by atoms with Crippen LogP contribution < -0.4 is 14.8 Å². The van der Waals surface area contributed by atoms with Gasteiger partial charge in [0.1, 0.15) is 17.5 Å². The summed E-state index contributed by atoms with van der Waals surface area (Å²) in [5, 5.41) is 2.78. The Balaban J connectivity index is 1.72. The quantitative estimate of drug-likeness (QED) is 0.188. The van der Waals surface area contributed by atoms with Crippen LogP contribution >= 0.6 is 11.9 Å². The molecular weight excluding hydrogens is 518 g/mol. The van der Waals surface area contributed by atoms with Gasteiger partial charge in [0.25, 0.3) is 0 Å². The van der Waals surface area contributed by atoms with E-state index < -0.39 is 35.3 Å². The van der Waals surface area contributed by atoms with E-state index in [0.29, 0.717) is 6.07 Å². The molecule has 0 saturated carbocycles. The number of pyridine rings is 1. The van der Waals surface area contributed by atoms with Crippen molar-refractivity contribution in [2.75, 3.05) is 7.11 Å². The Morgan fingerprint density at radius 1 is 0.947 bits per heavy atom. The molecule has 0 spiro atoms. The minimum atomic E-state index is -0.944. The monoisotopic (exact) mass is 541 g/mol. The lowest BCUT2D eigenvalue weighted by atomic mass is 9.95. The van der Waals surface area contributed by atoms with Gasteiger partial charge >= 0.3 is 6.03 Å². The van der Waals surface area contributed by atoms with Gasteiger partial charge < -0.3 is 10.1 Å². The third kappa shape index (κ3) is 6.44. The highest BCUT2D eigenvalue weighted by Gasteiger charge is 2.24. The molecule has 4 aromatic rings. The maximum atomic E-state index is 14.5. The number of ether oxygens (including phenoxy) is 1. The fraction of sp³-hybridized carbons (Fsp3) is 0.143. The average molecular weight is 542 g/mol. The summed E-state index contributed by atoms with van der Waals surface area (Å²) in [4.78, 5) is 18.2. The maximum absolute atomic E-state index is 14.5. The van der Waals surface area contributed by atoms with Crippen molar-refractivity contribution in [3.05, 3.63) is 113 Å². The first-order valence-corrected chi connectivity index (χ1v) is 12.3. The second-order valence-electron chi connectivity index (χ2n) is 8.38. The Labute approximate surface area is 221 Å². The predicted molar refractivity (Wildman–Crippen MR) is 138 cm³/mol. The molecule has 1 atom stereocenters. The van der Waals surface area contributed by atoms with Crippen molar-refractivity contribution < 1.29 is 27.1 Å². The summed E-state index contributed by atoms with van der Waals surface area (Å²) >= 11 is 1.09. The standard InChI is InChI=1S/C28H23F4N3O2S/c1-16-6-3-4-8-25(16)38-35-28(36)34-24(12-17-10-18(29)13-19(30)11-17)26-21(7-5-9-33-26)22-14-20(31)15-23(32)27(22)37-2/h3-11,13-15,24H,12H2,1-2H3,(H2,34,35,36). The summed E-state index contributed by atoms with van der Waals surface area (Å²) in [6, 6.07) is 13.8. The van der Waals surface area contributed by atoms with Gasteiger partial charge in [-0.3, -0.25) is 9.71 Å². The summed E-state index contributed by atoms with van der Waals surface area (Å²) in [5.41, 5.74) is 1.76. The number of hydrogen-bond donors (Lipinski definition) is 2. The van der Waals surface area contributed by atoms with E-state index in [-0.39, 0.29) is 34.6 Å². The number of amides is 2. The number of rotatable bonds is 8. The Kier molecular flexibility index (Phi) is 8.52. The molecule has 0 fully saturated rings. The fourth-order valence-corrected chi connectivity index (χ4v) is 4.67. The van der Waals surface area contributed by atoms with Crippen molar-refractivity contribution in [1.29, 1.82) is 0 Å². The highest BCUT2D eigenvalue weighted by Crippen LogP contribution is 2.37. The predicted octanol–water partition coefficient (Wildman–Crippen LogP) is 6.91. The Morgan fingerprint density at radius 3 is 2.37 bits per heavy atom. The van der Waals surface area contributed by atoms with Crippen molar-refractivity contribution in [2.45, 2.75) is 24.3 Å². The summed E-state index contributed by atoms with van der Waals surface area (Å²) < 4.78 is 64.5.